The Labute approximate surface area is 363 Å². The van der Waals surface area contributed by atoms with Gasteiger partial charge in [0.1, 0.15) is 29.4 Å². The molecule has 7 rings (SSSR count). The van der Waals surface area contributed by atoms with E-state index >= 15 is 0 Å². The highest BCUT2D eigenvalue weighted by molar-refractivity contribution is 5.96. The molecule has 4 aromatic rings. The number of hydrazine groups is 1. The van der Waals surface area contributed by atoms with Gasteiger partial charge in [0.2, 0.25) is 11.8 Å². The van der Waals surface area contributed by atoms with Crippen molar-refractivity contribution in [1.29, 1.82) is 0 Å². The number of fused-ring (bicyclic) bond motifs is 6. The second kappa shape index (κ2) is 18.2. The molecule has 5 heterocycles. The van der Waals surface area contributed by atoms with E-state index in [2.05, 4.69) is 53.2 Å². The first-order valence-corrected chi connectivity index (χ1v) is 21.6. The highest BCUT2D eigenvalue weighted by Crippen LogP contribution is 2.41. The van der Waals surface area contributed by atoms with Crippen LogP contribution in [0, 0.1) is 11.3 Å². The monoisotopic (exact) mass is 851 g/mol. The van der Waals surface area contributed by atoms with Crippen LogP contribution in [-0.4, -0.2) is 112 Å². The van der Waals surface area contributed by atoms with Crippen molar-refractivity contribution in [2.24, 2.45) is 17.1 Å². The molecule has 2 aromatic carbocycles. The van der Waals surface area contributed by atoms with E-state index in [-0.39, 0.29) is 37.8 Å². The Kier molecular flexibility index (Phi) is 13.1. The molecule has 3 amide bonds. The maximum atomic E-state index is 14.6. The molecule has 4 atom stereocenters. The summed E-state index contributed by atoms with van der Waals surface area (Å²) < 4.78 is 19.4. The summed E-state index contributed by atoms with van der Waals surface area (Å²) in [6.07, 6.45) is 5.48. The zero-order valence-electron chi connectivity index (χ0n) is 37.0. The van der Waals surface area contributed by atoms with E-state index in [0.29, 0.717) is 51.0 Å². The van der Waals surface area contributed by atoms with Crippen LogP contribution in [-0.2, 0) is 59.4 Å². The quantitative estimate of drug-likeness (QED) is 0.174. The zero-order valence-corrected chi connectivity index (χ0v) is 37.0. The van der Waals surface area contributed by atoms with Crippen molar-refractivity contribution in [3.63, 3.8) is 0 Å². The van der Waals surface area contributed by atoms with Crippen molar-refractivity contribution in [2.45, 2.75) is 104 Å². The van der Waals surface area contributed by atoms with Gasteiger partial charge in [-0.15, -0.1) is 0 Å². The predicted octanol–water partition coefficient (Wildman–Crippen LogP) is 4.49. The lowest BCUT2D eigenvalue weighted by Crippen LogP contribution is -2.64. The van der Waals surface area contributed by atoms with Gasteiger partial charge >= 0.3 is 5.97 Å². The Morgan fingerprint density at radius 3 is 2.63 bits per heavy atom. The van der Waals surface area contributed by atoms with Crippen LogP contribution in [0.25, 0.3) is 33.3 Å². The molecule has 15 nitrogen and oxygen atoms in total. The molecule has 2 saturated heterocycles. The first-order valence-electron chi connectivity index (χ1n) is 21.6. The number of methoxy groups -OCH3 is 1. The van der Waals surface area contributed by atoms with Gasteiger partial charge in [0.25, 0.3) is 5.91 Å². The minimum absolute atomic E-state index is 0.00225. The van der Waals surface area contributed by atoms with Crippen molar-refractivity contribution in [2.75, 3.05) is 40.5 Å². The van der Waals surface area contributed by atoms with E-state index in [1.54, 1.807) is 32.5 Å². The number of phenolic OH excluding ortho intramolecular Hbond substituents is 1. The van der Waals surface area contributed by atoms with E-state index in [0.717, 1.165) is 44.4 Å². The number of amides is 3. The third-order valence-electron chi connectivity index (χ3n) is 12.4. The van der Waals surface area contributed by atoms with Gasteiger partial charge < -0.3 is 39.8 Å². The molecule has 0 unspecified atom stereocenters. The molecule has 3 aliphatic heterocycles. The number of aryl methyl sites for hydroxylation is 1. The Bertz CT molecular complexity index is 2330. The summed E-state index contributed by atoms with van der Waals surface area (Å²) in [4.78, 5) is 62.5. The summed E-state index contributed by atoms with van der Waals surface area (Å²) in [6, 6.07) is 10.5. The summed E-state index contributed by atoms with van der Waals surface area (Å²) in [5.41, 5.74) is 15.0. The molecule has 2 aromatic heterocycles. The van der Waals surface area contributed by atoms with Gasteiger partial charge in [-0.1, -0.05) is 39.8 Å². The number of likely N-dealkylation sites (N-methyl/N-ethyl adjacent to an activating group) is 1. The number of hydrogen-bond donors (Lipinski definition) is 4. The molecule has 0 aliphatic carbocycles. The van der Waals surface area contributed by atoms with Crippen molar-refractivity contribution in [3.05, 3.63) is 71.5 Å². The van der Waals surface area contributed by atoms with E-state index in [9.17, 15) is 24.3 Å². The number of aromatic hydroxyl groups is 1. The summed E-state index contributed by atoms with van der Waals surface area (Å²) >= 11 is 0. The average molecular weight is 852 g/mol. The number of benzene rings is 2. The number of nitrogens with two attached hydrogens (primary N) is 1. The van der Waals surface area contributed by atoms with Crippen LogP contribution in [0.2, 0.25) is 0 Å². The van der Waals surface area contributed by atoms with E-state index in [1.807, 2.05) is 38.2 Å². The Balaban J connectivity index is 1.34. The number of carbonyl (C=O) groups is 4. The normalized spacial score (nSPS) is 22.3. The fraction of sp³-hybridized carbons (Fsp3) is 0.511. The Morgan fingerprint density at radius 1 is 1.13 bits per heavy atom. The number of rotatable bonds is 9. The lowest BCUT2D eigenvalue weighted by Gasteiger charge is -2.37. The molecule has 0 saturated carbocycles. The summed E-state index contributed by atoms with van der Waals surface area (Å²) in [5, 5.41) is 16.6. The van der Waals surface area contributed by atoms with E-state index in [4.69, 9.17) is 19.9 Å². The molecule has 15 heteroatoms. The molecule has 3 aliphatic rings. The highest BCUT2D eigenvalue weighted by atomic mass is 16.5. The fourth-order valence-corrected chi connectivity index (χ4v) is 9.34. The summed E-state index contributed by atoms with van der Waals surface area (Å²) in [6.45, 7) is 11.8. The lowest BCUT2D eigenvalue weighted by atomic mass is 9.84. The number of pyridine rings is 1. The lowest BCUT2D eigenvalue weighted by molar-refractivity contribution is -0.155. The van der Waals surface area contributed by atoms with Crippen LogP contribution in [0.4, 0.5) is 0 Å². The number of ether oxygens (including phenoxy) is 3. The number of carbonyl (C=O) groups excluding carboxylic acids is 4. The van der Waals surface area contributed by atoms with Crippen LogP contribution in [0.1, 0.15) is 70.6 Å². The maximum Gasteiger partial charge on any atom is 0.324 e. The average Bonchev–Trinajstić information content (AvgIpc) is 3.82. The summed E-state index contributed by atoms with van der Waals surface area (Å²) in [5.74, 6) is -2.26. The van der Waals surface area contributed by atoms with Crippen molar-refractivity contribution in [3.8, 4) is 28.1 Å². The molecule has 2 fully saturated rings. The van der Waals surface area contributed by atoms with Crippen molar-refractivity contribution < 1.29 is 38.5 Å². The number of nitrogens with zero attached hydrogens (tertiary/aromatic N) is 4. The maximum absolute atomic E-state index is 14.6. The topological polar surface area (TPSA) is 191 Å². The largest absolute Gasteiger partial charge is 0.508 e. The fourth-order valence-electron chi connectivity index (χ4n) is 9.34. The van der Waals surface area contributed by atoms with Gasteiger partial charge in [-0.2, -0.15) is 0 Å². The van der Waals surface area contributed by atoms with Crippen molar-refractivity contribution >= 4 is 34.6 Å². The van der Waals surface area contributed by atoms with Crippen LogP contribution in [0.5, 0.6) is 5.75 Å². The molecule has 0 radical (unpaired) electrons. The predicted molar refractivity (Wildman–Crippen MR) is 234 cm³/mol. The smallest absolute Gasteiger partial charge is 0.324 e. The van der Waals surface area contributed by atoms with E-state index in [1.165, 1.54) is 9.91 Å². The van der Waals surface area contributed by atoms with Crippen LogP contribution in [0.3, 0.4) is 0 Å². The zero-order chi connectivity index (χ0) is 44.5. The van der Waals surface area contributed by atoms with Gasteiger partial charge in [0.15, 0.2) is 0 Å². The molecular formula is C47H61N7O8. The van der Waals surface area contributed by atoms with Gasteiger partial charge in [-0.25, -0.2) is 5.43 Å². The number of hydrogen-bond acceptors (Lipinski definition) is 11. The Hall–Kier alpha value is -5.35. The third kappa shape index (κ3) is 9.08. The second-order valence-corrected chi connectivity index (χ2v) is 18.2. The van der Waals surface area contributed by atoms with Crippen LogP contribution >= 0.6 is 0 Å². The van der Waals surface area contributed by atoms with Gasteiger partial charge in [-0.3, -0.25) is 29.2 Å². The van der Waals surface area contributed by atoms with E-state index < -0.39 is 52.8 Å². The Morgan fingerprint density at radius 2 is 1.92 bits per heavy atom. The molecule has 332 valence electrons. The molecule has 6 bridgehead atoms. The van der Waals surface area contributed by atoms with Crippen molar-refractivity contribution in [1.82, 2.24) is 30.2 Å². The van der Waals surface area contributed by atoms with Gasteiger partial charge in [-0.05, 0) is 96.7 Å². The second-order valence-electron chi connectivity index (χ2n) is 18.2. The van der Waals surface area contributed by atoms with Crippen LogP contribution < -0.4 is 16.5 Å². The number of esters is 1. The highest BCUT2D eigenvalue weighted by Gasteiger charge is 2.44. The third-order valence-corrected chi connectivity index (χ3v) is 12.4. The summed E-state index contributed by atoms with van der Waals surface area (Å²) in [7, 11) is 3.22. The first-order chi connectivity index (χ1) is 29.5. The first kappa shape index (κ1) is 44.7. The SMILES string of the molecule is CCn1c(-c2cnccc2COC)c2c3cc(ccc31)-c1cc(O)cc(c1)C[C@H](NC(=O)[C@H](C(C)C)N(C)C(=O)[C@@]1(N)CCOC1)C(=O)N1CCC[C@H](N1)C(=O)OCC(C)(C)C2. The molecule has 62 heavy (non-hydrogen) atoms. The minimum atomic E-state index is -1.26. The number of aromatic nitrogens is 2. The molecule has 0 spiro atoms. The number of cyclic esters (lactones) is 1. The van der Waals surface area contributed by atoms with Crippen LogP contribution in [0.15, 0.2) is 54.9 Å². The minimum Gasteiger partial charge on any atom is -0.508 e. The number of nitrogens with one attached hydrogen (secondary N) is 2. The van der Waals surface area contributed by atoms with Gasteiger partial charge in [0, 0.05) is 74.5 Å². The molecule has 5 N–H and O–H groups in total. The number of phenols is 1. The standard InChI is InChI=1S/C47H61N7O8/c1-8-53-39-12-11-30-22-34(39)35(41(53)36-24-49-15-13-31(36)25-60-7)23-46(4,5)26-62-44(58)37-10-9-16-54(51-37)43(57)38(20-29-18-32(30)21-33(55)19-29)50-42(56)40(28(2)3)52(6)45(59)47(48)14-17-61-27-47/h11-13,15,18-19,21-22,24,28,37-38,40,51,55H,8-10,14,16-17,20,23,25-27,48H2,1-7H3,(H,50,56)/t37-,38-,40-,47+/m0/s1. The van der Waals surface area contributed by atoms with Gasteiger partial charge in [0.05, 0.1) is 25.5 Å². The molecular weight excluding hydrogens is 791 g/mol.